The Morgan fingerprint density at radius 2 is 2.06 bits per heavy atom. The number of aromatic nitrogens is 3. The van der Waals surface area contributed by atoms with E-state index in [9.17, 15) is 0 Å². The minimum Gasteiger partial charge on any atom is -0.496 e. The number of nitrogens with zero attached hydrogens (tertiary/aromatic N) is 3. The van der Waals surface area contributed by atoms with E-state index in [4.69, 9.17) is 4.74 Å². The standard InChI is InChI=1S/C12H17N3O/c1-7(2)9-6-13-12-10(11(9)16-5)8(3)14-15(12)4/h6-7H,1-5H3. The number of pyridine rings is 1. The number of rotatable bonds is 2. The molecule has 0 fully saturated rings. The fourth-order valence-electron chi connectivity index (χ4n) is 2.02. The Labute approximate surface area is 95.2 Å². The fraction of sp³-hybridized carbons (Fsp3) is 0.500. The van der Waals surface area contributed by atoms with Crippen LogP contribution in [0.15, 0.2) is 6.20 Å². The van der Waals surface area contributed by atoms with E-state index in [-0.39, 0.29) is 0 Å². The number of methoxy groups -OCH3 is 1. The van der Waals surface area contributed by atoms with Gasteiger partial charge in [0.15, 0.2) is 5.65 Å². The van der Waals surface area contributed by atoms with Crippen LogP contribution in [0.5, 0.6) is 5.75 Å². The van der Waals surface area contributed by atoms with Crippen LogP contribution >= 0.6 is 0 Å². The summed E-state index contributed by atoms with van der Waals surface area (Å²) in [5.74, 6) is 1.30. The van der Waals surface area contributed by atoms with Gasteiger partial charge in [-0.05, 0) is 12.8 Å². The second-order valence-corrected chi connectivity index (χ2v) is 4.31. The molecule has 4 nitrogen and oxygen atoms in total. The molecule has 16 heavy (non-hydrogen) atoms. The van der Waals surface area contributed by atoms with Crippen LogP contribution in [0.25, 0.3) is 11.0 Å². The van der Waals surface area contributed by atoms with E-state index in [1.807, 2.05) is 20.2 Å². The van der Waals surface area contributed by atoms with E-state index >= 15 is 0 Å². The SMILES string of the molecule is COc1c(C(C)C)cnc2c1c(C)nn2C. The molecule has 0 atom stereocenters. The van der Waals surface area contributed by atoms with Crippen LogP contribution in [0.2, 0.25) is 0 Å². The zero-order valence-electron chi connectivity index (χ0n) is 10.4. The molecule has 0 aliphatic rings. The Morgan fingerprint density at radius 3 is 2.62 bits per heavy atom. The van der Waals surface area contributed by atoms with Gasteiger partial charge in [-0.15, -0.1) is 0 Å². The van der Waals surface area contributed by atoms with Gasteiger partial charge in [-0.2, -0.15) is 5.10 Å². The highest BCUT2D eigenvalue weighted by Crippen LogP contribution is 2.34. The third-order valence-corrected chi connectivity index (χ3v) is 2.83. The van der Waals surface area contributed by atoms with Gasteiger partial charge in [0.1, 0.15) is 5.75 Å². The molecule has 0 N–H and O–H groups in total. The van der Waals surface area contributed by atoms with E-state index in [2.05, 4.69) is 23.9 Å². The predicted molar refractivity (Wildman–Crippen MR) is 63.9 cm³/mol. The Balaban J connectivity index is 2.84. The normalized spacial score (nSPS) is 11.4. The van der Waals surface area contributed by atoms with Gasteiger partial charge in [0.2, 0.25) is 0 Å². The molecule has 2 heterocycles. The first-order valence-electron chi connectivity index (χ1n) is 5.42. The van der Waals surface area contributed by atoms with Crippen molar-refractivity contribution < 1.29 is 4.74 Å². The van der Waals surface area contributed by atoms with E-state index < -0.39 is 0 Å². The van der Waals surface area contributed by atoms with Gasteiger partial charge in [-0.3, -0.25) is 4.68 Å². The van der Waals surface area contributed by atoms with Crippen molar-refractivity contribution in [2.24, 2.45) is 7.05 Å². The van der Waals surface area contributed by atoms with Crippen molar-refractivity contribution in [3.63, 3.8) is 0 Å². The molecule has 86 valence electrons. The summed E-state index contributed by atoms with van der Waals surface area (Å²) in [5, 5.41) is 5.40. The summed E-state index contributed by atoms with van der Waals surface area (Å²) in [7, 11) is 3.60. The summed E-state index contributed by atoms with van der Waals surface area (Å²) in [6, 6.07) is 0. The predicted octanol–water partition coefficient (Wildman–Crippen LogP) is 2.41. The molecule has 0 bridgehead atoms. The van der Waals surface area contributed by atoms with Gasteiger partial charge in [0, 0.05) is 18.8 Å². The number of hydrogen-bond donors (Lipinski definition) is 0. The molecule has 0 aromatic carbocycles. The fourth-order valence-corrected chi connectivity index (χ4v) is 2.02. The molecular formula is C12H17N3O. The van der Waals surface area contributed by atoms with Crippen molar-refractivity contribution in [1.82, 2.24) is 14.8 Å². The Morgan fingerprint density at radius 1 is 1.38 bits per heavy atom. The molecule has 0 saturated heterocycles. The lowest BCUT2D eigenvalue weighted by molar-refractivity contribution is 0.412. The highest BCUT2D eigenvalue weighted by atomic mass is 16.5. The molecule has 0 aliphatic carbocycles. The average Bonchev–Trinajstić information content (AvgIpc) is 2.53. The maximum Gasteiger partial charge on any atom is 0.161 e. The number of fused-ring (bicyclic) bond motifs is 1. The number of aryl methyl sites for hydroxylation is 2. The maximum atomic E-state index is 5.52. The first kappa shape index (κ1) is 10.9. The average molecular weight is 219 g/mol. The lowest BCUT2D eigenvalue weighted by Crippen LogP contribution is -1.98. The highest BCUT2D eigenvalue weighted by Gasteiger charge is 2.17. The van der Waals surface area contributed by atoms with Crippen molar-refractivity contribution in [2.45, 2.75) is 26.7 Å². The lowest BCUT2D eigenvalue weighted by atomic mass is 10.0. The molecule has 2 rings (SSSR count). The third kappa shape index (κ3) is 1.45. The first-order valence-corrected chi connectivity index (χ1v) is 5.42. The Hall–Kier alpha value is -1.58. The van der Waals surface area contributed by atoms with Gasteiger partial charge < -0.3 is 4.74 Å². The van der Waals surface area contributed by atoms with Gasteiger partial charge in [0.25, 0.3) is 0 Å². The summed E-state index contributed by atoms with van der Waals surface area (Å²) in [6.07, 6.45) is 1.88. The molecule has 0 amide bonds. The van der Waals surface area contributed by atoms with Gasteiger partial charge >= 0.3 is 0 Å². The zero-order chi connectivity index (χ0) is 11.9. The molecule has 0 radical (unpaired) electrons. The van der Waals surface area contributed by atoms with Crippen molar-refractivity contribution in [2.75, 3.05) is 7.11 Å². The molecule has 2 aromatic heterocycles. The van der Waals surface area contributed by atoms with E-state index in [1.54, 1.807) is 11.8 Å². The third-order valence-electron chi connectivity index (χ3n) is 2.83. The molecule has 2 aromatic rings. The van der Waals surface area contributed by atoms with Crippen LogP contribution in [0.4, 0.5) is 0 Å². The second kappa shape index (κ2) is 3.77. The lowest BCUT2D eigenvalue weighted by Gasteiger charge is -2.12. The largest absolute Gasteiger partial charge is 0.496 e. The maximum absolute atomic E-state index is 5.52. The van der Waals surface area contributed by atoms with Gasteiger partial charge in [-0.1, -0.05) is 13.8 Å². The molecule has 0 saturated carbocycles. The topological polar surface area (TPSA) is 39.9 Å². The summed E-state index contributed by atoms with van der Waals surface area (Å²) in [6.45, 7) is 6.25. The van der Waals surface area contributed by atoms with Crippen LogP contribution in [0, 0.1) is 6.92 Å². The zero-order valence-corrected chi connectivity index (χ0v) is 10.4. The summed E-state index contributed by atoms with van der Waals surface area (Å²) in [5.41, 5.74) is 2.97. The summed E-state index contributed by atoms with van der Waals surface area (Å²) in [4.78, 5) is 4.45. The summed E-state index contributed by atoms with van der Waals surface area (Å²) < 4.78 is 7.31. The quantitative estimate of drug-likeness (QED) is 0.778. The van der Waals surface area contributed by atoms with Crippen LogP contribution < -0.4 is 4.74 Å². The van der Waals surface area contributed by atoms with E-state index in [0.29, 0.717) is 5.92 Å². The number of ether oxygens (including phenoxy) is 1. The van der Waals surface area contributed by atoms with E-state index in [1.165, 1.54) is 0 Å². The van der Waals surface area contributed by atoms with Crippen molar-refractivity contribution in [3.05, 3.63) is 17.5 Å². The molecule has 4 heteroatoms. The van der Waals surface area contributed by atoms with E-state index in [0.717, 1.165) is 28.0 Å². The van der Waals surface area contributed by atoms with Crippen LogP contribution in [-0.2, 0) is 7.05 Å². The molecule has 0 unspecified atom stereocenters. The smallest absolute Gasteiger partial charge is 0.161 e. The van der Waals surface area contributed by atoms with Gasteiger partial charge in [0.05, 0.1) is 18.2 Å². The van der Waals surface area contributed by atoms with Crippen LogP contribution in [-0.4, -0.2) is 21.9 Å². The number of hydrogen-bond acceptors (Lipinski definition) is 3. The second-order valence-electron chi connectivity index (χ2n) is 4.31. The minimum atomic E-state index is 0.395. The Bertz CT molecular complexity index is 529. The Kier molecular flexibility index (Phi) is 2.58. The van der Waals surface area contributed by atoms with Gasteiger partial charge in [-0.25, -0.2) is 4.98 Å². The monoisotopic (exact) mass is 219 g/mol. The van der Waals surface area contributed by atoms with Crippen molar-refractivity contribution in [3.8, 4) is 5.75 Å². The highest BCUT2D eigenvalue weighted by molar-refractivity contribution is 5.86. The van der Waals surface area contributed by atoms with Crippen molar-refractivity contribution >= 4 is 11.0 Å². The van der Waals surface area contributed by atoms with Crippen molar-refractivity contribution in [1.29, 1.82) is 0 Å². The molecular weight excluding hydrogens is 202 g/mol. The first-order chi connectivity index (χ1) is 7.56. The molecule has 0 aliphatic heterocycles. The summed E-state index contributed by atoms with van der Waals surface area (Å²) >= 11 is 0. The van der Waals surface area contributed by atoms with Crippen LogP contribution in [0.1, 0.15) is 31.0 Å². The minimum absolute atomic E-state index is 0.395. The molecule has 0 spiro atoms. The van der Waals surface area contributed by atoms with Crippen LogP contribution in [0.3, 0.4) is 0 Å².